The zero-order valence-electron chi connectivity index (χ0n) is 15.4. The molecule has 1 fully saturated rings. The van der Waals surface area contributed by atoms with Crippen molar-refractivity contribution in [1.82, 2.24) is 10.2 Å². The molecule has 0 aromatic heterocycles. The van der Waals surface area contributed by atoms with E-state index in [2.05, 4.69) is 55.3 Å². The topological polar surface area (TPSA) is 35.6 Å². The normalized spacial score (nSPS) is 15.7. The number of carbonyl (C=O) groups excluding carboxylic acids is 1. The summed E-state index contributed by atoms with van der Waals surface area (Å²) >= 11 is 3.46. The van der Waals surface area contributed by atoms with Gasteiger partial charge < -0.3 is 10.2 Å². The number of hydrogen-bond donors (Lipinski definition) is 1. The molecular formula is C21H26BrN3O. The molecule has 4 nitrogen and oxygen atoms in total. The summed E-state index contributed by atoms with van der Waals surface area (Å²) in [6.45, 7) is 2.79. The second-order valence-corrected chi connectivity index (χ2v) is 7.79. The van der Waals surface area contributed by atoms with E-state index in [0.717, 1.165) is 17.6 Å². The molecule has 26 heavy (non-hydrogen) atoms. The molecule has 0 saturated carbocycles. The Bertz CT molecular complexity index is 739. The molecule has 3 rings (SSSR count). The van der Waals surface area contributed by atoms with Gasteiger partial charge >= 0.3 is 0 Å². The van der Waals surface area contributed by atoms with Gasteiger partial charge in [0.05, 0.1) is 11.6 Å². The molecule has 0 unspecified atom stereocenters. The molecule has 1 aliphatic rings. The fraction of sp³-hybridized carbons (Fsp3) is 0.381. The smallest absolute Gasteiger partial charge is 0.252 e. The quantitative estimate of drug-likeness (QED) is 0.771. The number of amides is 1. The summed E-state index contributed by atoms with van der Waals surface area (Å²) in [6.07, 6.45) is 2.45. The van der Waals surface area contributed by atoms with E-state index in [-0.39, 0.29) is 11.9 Å². The third-order valence-corrected chi connectivity index (χ3v) is 5.64. The molecule has 1 aliphatic heterocycles. The molecule has 138 valence electrons. The van der Waals surface area contributed by atoms with Crippen molar-refractivity contribution >= 4 is 27.5 Å². The van der Waals surface area contributed by atoms with Crippen molar-refractivity contribution < 1.29 is 4.79 Å². The van der Waals surface area contributed by atoms with Crippen LogP contribution in [0.5, 0.6) is 0 Å². The van der Waals surface area contributed by atoms with E-state index >= 15 is 0 Å². The molecule has 1 saturated heterocycles. The third kappa shape index (κ3) is 4.46. The van der Waals surface area contributed by atoms with Crippen LogP contribution in [0.3, 0.4) is 0 Å². The molecular weight excluding hydrogens is 390 g/mol. The first-order valence-electron chi connectivity index (χ1n) is 9.10. The number of rotatable bonds is 6. The van der Waals surface area contributed by atoms with Gasteiger partial charge in [0.15, 0.2) is 0 Å². The number of anilines is 1. The van der Waals surface area contributed by atoms with Crippen LogP contribution in [0, 0.1) is 0 Å². The average Bonchev–Trinajstić information content (AvgIpc) is 3.17. The molecule has 5 heteroatoms. The number of halogens is 1. The lowest BCUT2D eigenvalue weighted by Gasteiger charge is -2.28. The highest BCUT2D eigenvalue weighted by molar-refractivity contribution is 9.10. The Morgan fingerprint density at radius 3 is 2.38 bits per heavy atom. The van der Waals surface area contributed by atoms with Crippen LogP contribution in [-0.2, 0) is 0 Å². The number of likely N-dealkylation sites (tertiary alicyclic amines) is 1. The molecule has 1 heterocycles. The maximum absolute atomic E-state index is 12.6. The van der Waals surface area contributed by atoms with Crippen molar-refractivity contribution in [2.75, 3.05) is 38.6 Å². The van der Waals surface area contributed by atoms with Crippen molar-refractivity contribution in [3.63, 3.8) is 0 Å². The van der Waals surface area contributed by atoms with Gasteiger partial charge in [-0.15, -0.1) is 0 Å². The number of carbonyl (C=O) groups is 1. The van der Waals surface area contributed by atoms with E-state index < -0.39 is 0 Å². The maximum Gasteiger partial charge on any atom is 0.252 e. The number of nitrogens with zero attached hydrogens (tertiary/aromatic N) is 2. The number of benzene rings is 2. The molecule has 0 aliphatic carbocycles. The first-order chi connectivity index (χ1) is 12.6. The summed E-state index contributed by atoms with van der Waals surface area (Å²) in [7, 11) is 4.09. The molecule has 1 N–H and O–H groups in total. The van der Waals surface area contributed by atoms with Gasteiger partial charge in [0.1, 0.15) is 0 Å². The predicted octanol–water partition coefficient (Wildman–Crippen LogP) is 4.08. The predicted molar refractivity (Wildman–Crippen MR) is 111 cm³/mol. The van der Waals surface area contributed by atoms with Crippen LogP contribution in [0.25, 0.3) is 0 Å². The van der Waals surface area contributed by atoms with Crippen LogP contribution in [-0.4, -0.2) is 44.5 Å². The Morgan fingerprint density at radius 1 is 1.12 bits per heavy atom. The Hall–Kier alpha value is -1.85. The largest absolute Gasteiger partial charge is 0.378 e. The lowest BCUT2D eigenvalue weighted by molar-refractivity contribution is 0.0937. The van der Waals surface area contributed by atoms with E-state index in [1.807, 2.05) is 38.4 Å². The van der Waals surface area contributed by atoms with Gasteiger partial charge in [-0.05, 0) is 71.7 Å². The van der Waals surface area contributed by atoms with Crippen LogP contribution in [0.1, 0.15) is 34.8 Å². The van der Waals surface area contributed by atoms with E-state index in [9.17, 15) is 4.79 Å². The van der Waals surface area contributed by atoms with E-state index in [1.54, 1.807) is 0 Å². The van der Waals surface area contributed by atoms with Gasteiger partial charge in [0.25, 0.3) is 5.91 Å². The summed E-state index contributed by atoms with van der Waals surface area (Å²) in [5.41, 5.74) is 3.12. The molecule has 0 radical (unpaired) electrons. The highest BCUT2D eigenvalue weighted by Gasteiger charge is 2.24. The van der Waals surface area contributed by atoms with Crippen molar-refractivity contribution in [2.45, 2.75) is 18.9 Å². The van der Waals surface area contributed by atoms with Gasteiger partial charge in [-0.3, -0.25) is 9.69 Å². The zero-order valence-corrected chi connectivity index (χ0v) is 17.0. The van der Waals surface area contributed by atoms with Crippen molar-refractivity contribution in [3.8, 4) is 0 Å². The van der Waals surface area contributed by atoms with Crippen molar-refractivity contribution in [2.24, 2.45) is 0 Å². The zero-order chi connectivity index (χ0) is 18.5. The molecule has 1 atom stereocenters. The molecule has 0 spiro atoms. The van der Waals surface area contributed by atoms with Crippen molar-refractivity contribution in [1.29, 1.82) is 0 Å². The van der Waals surface area contributed by atoms with Gasteiger partial charge in [0.2, 0.25) is 0 Å². The van der Waals surface area contributed by atoms with Crippen molar-refractivity contribution in [3.05, 3.63) is 64.1 Å². The van der Waals surface area contributed by atoms with Gasteiger partial charge in [-0.25, -0.2) is 0 Å². The summed E-state index contributed by atoms with van der Waals surface area (Å²) in [5, 5.41) is 3.13. The number of nitrogens with one attached hydrogen (secondary N) is 1. The summed E-state index contributed by atoms with van der Waals surface area (Å²) in [6, 6.07) is 16.4. The summed E-state index contributed by atoms with van der Waals surface area (Å²) in [4.78, 5) is 17.2. The van der Waals surface area contributed by atoms with Crippen LogP contribution in [0.4, 0.5) is 5.69 Å². The van der Waals surface area contributed by atoms with Crippen LogP contribution in [0.15, 0.2) is 53.0 Å². The Balaban J connectivity index is 1.74. The lowest BCUT2D eigenvalue weighted by Crippen LogP contribution is -2.36. The average molecular weight is 416 g/mol. The fourth-order valence-corrected chi connectivity index (χ4v) is 3.90. The highest BCUT2D eigenvalue weighted by Crippen LogP contribution is 2.26. The SMILES string of the molecule is CN(C)c1ccc([C@@H](CNC(=O)c2ccccc2Br)N2CCCC2)cc1. The molecule has 2 aromatic rings. The standard InChI is InChI=1S/C21H26BrN3O/c1-24(2)17-11-9-16(10-12-17)20(25-13-5-6-14-25)15-23-21(26)18-7-3-4-8-19(18)22/h3-4,7-12,20H,5-6,13-15H2,1-2H3,(H,23,26)/t20-/m1/s1. The monoisotopic (exact) mass is 415 g/mol. The minimum atomic E-state index is -0.0356. The Kier molecular flexibility index (Phi) is 6.33. The Labute approximate surface area is 164 Å². The highest BCUT2D eigenvalue weighted by atomic mass is 79.9. The Morgan fingerprint density at radius 2 is 1.77 bits per heavy atom. The van der Waals surface area contributed by atoms with Gasteiger partial charge in [-0.2, -0.15) is 0 Å². The van der Waals surface area contributed by atoms with Crippen LogP contribution < -0.4 is 10.2 Å². The maximum atomic E-state index is 12.6. The second-order valence-electron chi connectivity index (χ2n) is 6.93. The molecule has 2 aromatic carbocycles. The number of hydrogen-bond acceptors (Lipinski definition) is 3. The van der Waals surface area contributed by atoms with E-state index in [1.165, 1.54) is 24.1 Å². The minimum absolute atomic E-state index is 0.0356. The van der Waals surface area contributed by atoms with Crippen LogP contribution in [0.2, 0.25) is 0 Å². The van der Waals surface area contributed by atoms with Gasteiger partial charge in [0, 0.05) is 30.8 Å². The first-order valence-corrected chi connectivity index (χ1v) is 9.89. The third-order valence-electron chi connectivity index (χ3n) is 4.95. The first kappa shape index (κ1) is 18.9. The van der Waals surface area contributed by atoms with E-state index in [4.69, 9.17) is 0 Å². The molecule has 1 amide bonds. The fourth-order valence-electron chi connectivity index (χ4n) is 3.44. The van der Waals surface area contributed by atoms with Gasteiger partial charge in [-0.1, -0.05) is 24.3 Å². The lowest BCUT2D eigenvalue weighted by atomic mass is 10.0. The van der Waals surface area contributed by atoms with Crippen LogP contribution >= 0.6 is 15.9 Å². The summed E-state index contributed by atoms with van der Waals surface area (Å²) in [5.74, 6) is -0.0356. The summed E-state index contributed by atoms with van der Waals surface area (Å²) < 4.78 is 0.825. The molecule has 0 bridgehead atoms. The second kappa shape index (κ2) is 8.69. The van der Waals surface area contributed by atoms with E-state index in [0.29, 0.717) is 12.1 Å². The minimum Gasteiger partial charge on any atom is -0.378 e.